The molecule has 0 bridgehead atoms. The third-order valence-corrected chi connectivity index (χ3v) is 2.45. The zero-order valence-corrected chi connectivity index (χ0v) is 6.92. The molecule has 0 nitrogen and oxygen atoms in total. The predicted octanol–water partition coefficient (Wildman–Crippen LogP) is 3.07. The number of hydrogen-bond donors (Lipinski definition) is 0. The molecule has 9 heavy (non-hydrogen) atoms. The molecule has 1 aliphatic rings. The summed E-state index contributed by atoms with van der Waals surface area (Å²) in [5.74, 6) is 0. The summed E-state index contributed by atoms with van der Waals surface area (Å²) < 4.78 is -0.732. The van der Waals surface area contributed by atoms with Crippen LogP contribution in [0.1, 0.15) is 13.8 Å². The average Bonchev–Trinajstić information content (AvgIpc) is 1.97. The van der Waals surface area contributed by atoms with Crippen LogP contribution in [-0.2, 0) is 0 Å². The lowest BCUT2D eigenvalue weighted by Gasteiger charge is -2.10. The molecule has 0 N–H and O–H groups in total. The molecule has 0 atom stereocenters. The Hall–Kier alpha value is 0.0600. The van der Waals surface area contributed by atoms with Crippen LogP contribution in [0, 0.1) is 0 Å². The van der Waals surface area contributed by atoms with Crippen LogP contribution >= 0.6 is 23.2 Å². The minimum Gasteiger partial charge on any atom is -0.0919 e. The molecule has 2 heteroatoms. The summed E-state index contributed by atoms with van der Waals surface area (Å²) in [5, 5.41) is 0. The van der Waals surface area contributed by atoms with Crippen molar-refractivity contribution in [2.45, 2.75) is 18.2 Å². The van der Waals surface area contributed by atoms with Gasteiger partial charge in [0.2, 0.25) is 0 Å². The summed E-state index contributed by atoms with van der Waals surface area (Å²) in [6, 6.07) is 0. The van der Waals surface area contributed by atoms with Crippen molar-refractivity contribution in [3.8, 4) is 0 Å². The lowest BCUT2D eigenvalue weighted by Crippen LogP contribution is -2.06. The van der Waals surface area contributed by atoms with E-state index in [4.69, 9.17) is 23.2 Å². The second-order valence-electron chi connectivity index (χ2n) is 2.26. The van der Waals surface area contributed by atoms with E-state index in [1.807, 2.05) is 19.9 Å². The molecule has 0 spiro atoms. The lowest BCUT2D eigenvalue weighted by molar-refractivity contribution is 1.14. The Kier molecular flexibility index (Phi) is 1.62. The van der Waals surface area contributed by atoms with Gasteiger partial charge in [-0.05, 0) is 31.1 Å². The van der Waals surface area contributed by atoms with E-state index in [1.165, 1.54) is 5.57 Å². The fourth-order valence-corrected chi connectivity index (χ4v) is 1.17. The number of hydrogen-bond acceptors (Lipinski definition) is 0. The summed E-state index contributed by atoms with van der Waals surface area (Å²) in [4.78, 5) is 0. The molecule has 0 radical (unpaired) electrons. The molecule has 0 aromatic carbocycles. The van der Waals surface area contributed by atoms with Crippen LogP contribution in [0.3, 0.4) is 0 Å². The van der Waals surface area contributed by atoms with Crippen molar-refractivity contribution in [3.63, 3.8) is 0 Å². The Balaban J connectivity index is 3.01. The van der Waals surface area contributed by atoms with Crippen LogP contribution in [0.25, 0.3) is 0 Å². The SMILES string of the molecule is CC1=C(C)C(Cl)(Cl)C=C1. The van der Waals surface area contributed by atoms with Gasteiger partial charge in [0.25, 0.3) is 0 Å². The summed E-state index contributed by atoms with van der Waals surface area (Å²) in [5.41, 5.74) is 2.20. The van der Waals surface area contributed by atoms with Crippen molar-refractivity contribution in [2.24, 2.45) is 0 Å². The predicted molar refractivity (Wildman–Crippen MR) is 42.0 cm³/mol. The van der Waals surface area contributed by atoms with Crippen LogP contribution < -0.4 is 0 Å². The first-order valence-electron chi connectivity index (χ1n) is 2.79. The third kappa shape index (κ3) is 1.15. The summed E-state index contributed by atoms with van der Waals surface area (Å²) >= 11 is 11.7. The molecule has 1 aliphatic carbocycles. The number of alkyl halides is 2. The topological polar surface area (TPSA) is 0 Å². The van der Waals surface area contributed by atoms with E-state index >= 15 is 0 Å². The van der Waals surface area contributed by atoms with Gasteiger partial charge >= 0.3 is 0 Å². The Morgan fingerprint density at radius 2 is 1.89 bits per heavy atom. The molecule has 0 heterocycles. The maximum Gasteiger partial charge on any atom is 0.157 e. The largest absolute Gasteiger partial charge is 0.157 e. The van der Waals surface area contributed by atoms with Gasteiger partial charge in [-0.15, -0.1) is 0 Å². The summed E-state index contributed by atoms with van der Waals surface area (Å²) in [6.45, 7) is 3.94. The Morgan fingerprint density at radius 3 is 2.00 bits per heavy atom. The second-order valence-corrected chi connectivity index (χ2v) is 3.65. The van der Waals surface area contributed by atoms with E-state index in [1.54, 1.807) is 6.08 Å². The van der Waals surface area contributed by atoms with Gasteiger partial charge in [0.05, 0.1) is 0 Å². The molecule has 50 valence electrons. The quantitative estimate of drug-likeness (QED) is 0.481. The van der Waals surface area contributed by atoms with Crippen LogP contribution in [0.15, 0.2) is 23.3 Å². The molecule has 1 rings (SSSR count). The van der Waals surface area contributed by atoms with Crippen molar-refractivity contribution in [3.05, 3.63) is 23.3 Å². The first-order chi connectivity index (χ1) is 4.04. The Bertz CT molecular complexity index is 187. The van der Waals surface area contributed by atoms with E-state index in [-0.39, 0.29) is 0 Å². The average molecular weight is 163 g/mol. The molecule has 0 aromatic rings. The monoisotopic (exact) mass is 162 g/mol. The zero-order valence-electron chi connectivity index (χ0n) is 5.41. The van der Waals surface area contributed by atoms with E-state index < -0.39 is 4.33 Å². The highest BCUT2D eigenvalue weighted by Gasteiger charge is 2.27. The first-order valence-corrected chi connectivity index (χ1v) is 3.54. The molecule has 0 unspecified atom stereocenters. The number of allylic oxidation sites excluding steroid dienone is 4. The van der Waals surface area contributed by atoms with E-state index in [2.05, 4.69) is 0 Å². The van der Waals surface area contributed by atoms with Crippen molar-refractivity contribution in [1.82, 2.24) is 0 Å². The van der Waals surface area contributed by atoms with E-state index in [0.29, 0.717) is 0 Å². The van der Waals surface area contributed by atoms with Crippen molar-refractivity contribution >= 4 is 23.2 Å². The van der Waals surface area contributed by atoms with E-state index in [9.17, 15) is 0 Å². The molecule has 0 saturated heterocycles. The molecular formula is C7H8Cl2. The molecule has 0 aliphatic heterocycles. The van der Waals surface area contributed by atoms with Crippen LogP contribution in [0.4, 0.5) is 0 Å². The molecule has 0 amide bonds. The molecule has 0 aromatic heterocycles. The summed E-state index contributed by atoms with van der Waals surface area (Å²) in [7, 11) is 0. The smallest absolute Gasteiger partial charge is 0.0919 e. The lowest BCUT2D eigenvalue weighted by atomic mass is 10.2. The van der Waals surface area contributed by atoms with Crippen molar-refractivity contribution in [1.29, 1.82) is 0 Å². The van der Waals surface area contributed by atoms with Crippen molar-refractivity contribution < 1.29 is 0 Å². The highest BCUT2D eigenvalue weighted by atomic mass is 35.5. The highest BCUT2D eigenvalue weighted by Crippen LogP contribution is 2.38. The van der Waals surface area contributed by atoms with Crippen LogP contribution in [0.5, 0.6) is 0 Å². The summed E-state index contributed by atoms with van der Waals surface area (Å²) in [6.07, 6.45) is 3.73. The van der Waals surface area contributed by atoms with Gasteiger partial charge < -0.3 is 0 Å². The van der Waals surface area contributed by atoms with Crippen LogP contribution in [-0.4, -0.2) is 4.33 Å². The second kappa shape index (κ2) is 2.03. The van der Waals surface area contributed by atoms with Gasteiger partial charge in [-0.2, -0.15) is 0 Å². The molecule has 0 fully saturated rings. The maximum atomic E-state index is 5.83. The molecular weight excluding hydrogens is 155 g/mol. The van der Waals surface area contributed by atoms with Gasteiger partial charge in [0, 0.05) is 0 Å². The highest BCUT2D eigenvalue weighted by molar-refractivity contribution is 6.52. The number of rotatable bonds is 0. The number of halogens is 2. The van der Waals surface area contributed by atoms with Crippen LogP contribution in [0.2, 0.25) is 0 Å². The maximum absolute atomic E-state index is 5.83. The minimum absolute atomic E-state index is 0.732. The Morgan fingerprint density at radius 1 is 1.33 bits per heavy atom. The van der Waals surface area contributed by atoms with Gasteiger partial charge in [-0.25, -0.2) is 0 Å². The van der Waals surface area contributed by atoms with E-state index in [0.717, 1.165) is 5.57 Å². The third-order valence-electron chi connectivity index (χ3n) is 1.63. The van der Waals surface area contributed by atoms with Crippen molar-refractivity contribution in [2.75, 3.05) is 0 Å². The van der Waals surface area contributed by atoms with Gasteiger partial charge in [0.15, 0.2) is 4.33 Å². The van der Waals surface area contributed by atoms with Gasteiger partial charge in [0.1, 0.15) is 0 Å². The fourth-order valence-electron chi connectivity index (χ4n) is 0.743. The zero-order chi connectivity index (χ0) is 7.07. The Labute approximate surface area is 65.2 Å². The van der Waals surface area contributed by atoms with Gasteiger partial charge in [-0.1, -0.05) is 29.3 Å². The molecule has 0 saturated carbocycles. The standard InChI is InChI=1S/C7H8Cl2/c1-5-3-4-7(8,9)6(5)2/h3-4H,1-2H3. The first kappa shape index (κ1) is 7.17. The fraction of sp³-hybridized carbons (Fsp3) is 0.429. The van der Waals surface area contributed by atoms with Gasteiger partial charge in [-0.3, -0.25) is 0 Å². The minimum atomic E-state index is -0.732. The normalized spacial score (nSPS) is 23.6.